The Morgan fingerprint density at radius 3 is 2.54 bits per heavy atom. The van der Waals surface area contributed by atoms with E-state index in [0.29, 0.717) is 5.82 Å². The van der Waals surface area contributed by atoms with Crippen LogP contribution in [-0.4, -0.2) is 31.6 Å². The van der Waals surface area contributed by atoms with Crippen molar-refractivity contribution in [1.82, 2.24) is 14.8 Å². The summed E-state index contributed by atoms with van der Waals surface area (Å²) in [6, 6.07) is 10.4. The Labute approximate surface area is 157 Å². The maximum absolute atomic E-state index is 12.5. The molecule has 5 nitrogen and oxygen atoms in total. The number of ketones is 1. The average molecular weight is 373 g/mol. The lowest BCUT2D eigenvalue weighted by atomic mass is 10.0. The fraction of sp³-hybridized carbons (Fsp3) is 0.550. The van der Waals surface area contributed by atoms with Gasteiger partial charge >= 0.3 is 0 Å². The summed E-state index contributed by atoms with van der Waals surface area (Å²) in [5.74, 6) is 1.38. The topological polar surface area (TPSA) is 57.0 Å². The van der Waals surface area contributed by atoms with E-state index in [-0.39, 0.29) is 39.8 Å². The lowest BCUT2D eigenvalue weighted by molar-refractivity contribution is 0.0956. The first-order valence-electron chi connectivity index (χ1n) is 9.23. The number of fused-ring (bicyclic) bond motifs is 1. The normalized spacial score (nSPS) is 23.7. The zero-order chi connectivity index (χ0) is 18.5. The number of rotatable bonds is 5. The summed E-state index contributed by atoms with van der Waals surface area (Å²) < 4.78 is 8.41. The molecule has 4 rings (SSSR count). The van der Waals surface area contributed by atoms with E-state index >= 15 is 0 Å². The van der Waals surface area contributed by atoms with E-state index in [1.54, 1.807) is 0 Å². The molecule has 0 spiro atoms. The molecule has 6 heteroatoms. The van der Waals surface area contributed by atoms with Crippen molar-refractivity contribution in [1.29, 1.82) is 0 Å². The molecule has 0 amide bonds. The Hall–Kier alpha value is -1.66. The van der Waals surface area contributed by atoms with Gasteiger partial charge in [0.05, 0.1) is 6.04 Å². The molecule has 1 saturated carbocycles. The Kier molecular flexibility index (Phi) is 4.43. The highest BCUT2D eigenvalue weighted by Crippen LogP contribution is 2.42. The SMILES string of the molecule is C[S+](O[C@H]1C[C@@H](c2ccccc2)n2nc(C(=O)C3CC3)nc21)C(C)(C)C. The van der Waals surface area contributed by atoms with Crippen LogP contribution in [0.5, 0.6) is 0 Å². The summed E-state index contributed by atoms with van der Waals surface area (Å²) in [7, 11) is 0. The van der Waals surface area contributed by atoms with Crippen molar-refractivity contribution >= 4 is 17.0 Å². The first kappa shape index (κ1) is 17.7. The van der Waals surface area contributed by atoms with Gasteiger partial charge in [0.2, 0.25) is 11.6 Å². The fourth-order valence-electron chi connectivity index (χ4n) is 3.18. The van der Waals surface area contributed by atoms with Crippen molar-refractivity contribution in [3.05, 3.63) is 47.5 Å². The quantitative estimate of drug-likeness (QED) is 0.590. The third-order valence-corrected chi connectivity index (χ3v) is 7.40. The summed E-state index contributed by atoms with van der Waals surface area (Å²) in [6.45, 7) is 6.56. The number of carbonyl (C=O) groups is 1. The third-order valence-electron chi connectivity index (χ3n) is 5.15. The maximum Gasteiger partial charge on any atom is 0.217 e. The molecule has 0 bridgehead atoms. The highest BCUT2D eigenvalue weighted by atomic mass is 32.2. The molecule has 1 aromatic heterocycles. The first-order valence-corrected chi connectivity index (χ1v) is 10.8. The van der Waals surface area contributed by atoms with Gasteiger partial charge in [-0.05, 0) is 39.2 Å². The Bertz CT molecular complexity index is 808. The number of carbonyl (C=O) groups excluding carboxylic acids is 1. The number of nitrogens with zero attached hydrogens (tertiary/aromatic N) is 3. The van der Waals surface area contributed by atoms with Gasteiger partial charge in [0.1, 0.15) is 17.4 Å². The second kappa shape index (κ2) is 6.50. The van der Waals surface area contributed by atoms with E-state index in [1.807, 2.05) is 22.9 Å². The lowest BCUT2D eigenvalue weighted by Gasteiger charge is -2.18. The molecule has 2 aliphatic rings. The summed E-state index contributed by atoms with van der Waals surface area (Å²) >= 11 is -0.220. The second-order valence-electron chi connectivity index (χ2n) is 8.19. The van der Waals surface area contributed by atoms with Gasteiger partial charge in [-0.25, -0.2) is 9.67 Å². The van der Waals surface area contributed by atoms with E-state index in [9.17, 15) is 4.79 Å². The molecule has 0 saturated heterocycles. The third kappa shape index (κ3) is 3.32. The summed E-state index contributed by atoms with van der Waals surface area (Å²) in [4.78, 5) is 17.1. The lowest BCUT2D eigenvalue weighted by Crippen LogP contribution is -2.30. The number of Topliss-reactive ketones (excluding diaryl/α,β-unsaturated/α-hetero) is 1. The first-order chi connectivity index (χ1) is 12.3. The monoisotopic (exact) mass is 372 g/mol. The minimum atomic E-state index is -0.220. The molecular weight excluding hydrogens is 346 g/mol. The van der Waals surface area contributed by atoms with Gasteiger partial charge in [0.25, 0.3) is 0 Å². The van der Waals surface area contributed by atoms with Crippen LogP contribution in [0.2, 0.25) is 0 Å². The second-order valence-corrected chi connectivity index (χ2v) is 10.5. The van der Waals surface area contributed by atoms with Gasteiger partial charge in [-0.15, -0.1) is 5.10 Å². The van der Waals surface area contributed by atoms with Crippen LogP contribution in [0.25, 0.3) is 0 Å². The van der Waals surface area contributed by atoms with E-state index in [2.05, 4.69) is 49.2 Å². The molecular formula is C20H26N3O2S+. The fourth-order valence-corrected chi connectivity index (χ4v) is 3.98. The summed E-state index contributed by atoms with van der Waals surface area (Å²) in [6.07, 6.45) is 4.75. The molecule has 2 heterocycles. The zero-order valence-electron chi connectivity index (χ0n) is 15.8. The molecule has 0 radical (unpaired) electrons. The van der Waals surface area contributed by atoms with Crippen molar-refractivity contribution in [3.8, 4) is 0 Å². The van der Waals surface area contributed by atoms with E-state index < -0.39 is 0 Å². The van der Waals surface area contributed by atoms with Gasteiger partial charge in [0.15, 0.2) is 16.7 Å². The van der Waals surface area contributed by atoms with Crippen LogP contribution in [0.15, 0.2) is 30.3 Å². The van der Waals surface area contributed by atoms with Gasteiger partial charge in [0, 0.05) is 12.3 Å². The molecule has 0 N–H and O–H groups in total. The molecule has 138 valence electrons. The van der Waals surface area contributed by atoms with E-state index in [4.69, 9.17) is 4.18 Å². The van der Waals surface area contributed by atoms with Gasteiger partial charge in [-0.2, -0.15) is 4.18 Å². The number of hydrogen-bond donors (Lipinski definition) is 0. The highest BCUT2D eigenvalue weighted by molar-refractivity contribution is 7.93. The van der Waals surface area contributed by atoms with Crippen molar-refractivity contribution in [2.75, 3.05) is 6.26 Å². The average Bonchev–Trinajstić information content (AvgIpc) is 3.27. The van der Waals surface area contributed by atoms with Gasteiger partial charge in [-0.3, -0.25) is 4.79 Å². The van der Waals surface area contributed by atoms with Crippen LogP contribution in [0.4, 0.5) is 0 Å². The summed E-state index contributed by atoms with van der Waals surface area (Å²) in [5, 5.41) is 4.61. The van der Waals surface area contributed by atoms with Crippen LogP contribution in [-0.2, 0) is 15.4 Å². The summed E-state index contributed by atoms with van der Waals surface area (Å²) in [5.41, 5.74) is 1.18. The molecule has 1 fully saturated rings. The number of hydrogen-bond acceptors (Lipinski definition) is 4. The minimum Gasteiger partial charge on any atom is -0.290 e. The van der Waals surface area contributed by atoms with Crippen LogP contribution >= 0.6 is 0 Å². The molecule has 26 heavy (non-hydrogen) atoms. The molecule has 1 aliphatic heterocycles. The zero-order valence-corrected chi connectivity index (χ0v) is 16.6. The highest BCUT2D eigenvalue weighted by Gasteiger charge is 2.44. The molecule has 3 atom stereocenters. The van der Waals surface area contributed by atoms with Gasteiger partial charge < -0.3 is 0 Å². The predicted octanol–water partition coefficient (Wildman–Crippen LogP) is 3.88. The minimum absolute atomic E-state index is 0.0708. The Balaban J connectivity index is 1.67. The van der Waals surface area contributed by atoms with Crippen molar-refractivity contribution < 1.29 is 8.98 Å². The smallest absolute Gasteiger partial charge is 0.217 e. The number of aromatic nitrogens is 3. The maximum atomic E-state index is 12.5. The van der Waals surface area contributed by atoms with E-state index in [1.165, 1.54) is 5.56 Å². The van der Waals surface area contributed by atoms with Crippen LogP contribution in [0, 0.1) is 5.92 Å². The van der Waals surface area contributed by atoms with Crippen LogP contribution in [0.3, 0.4) is 0 Å². The van der Waals surface area contributed by atoms with Crippen molar-refractivity contribution in [2.45, 2.75) is 56.9 Å². The molecule has 1 aromatic carbocycles. The molecule has 1 aliphatic carbocycles. The molecule has 2 aromatic rings. The van der Waals surface area contributed by atoms with Crippen LogP contribution < -0.4 is 0 Å². The largest absolute Gasteiger partial charge is 0.290 e. The van der Waals surface area contributed by atoms with Crippen LogP contribution in [0.1, 0.15) is 74.2 Å². The Morgan fingerprint density at radius 1 is 1.23 bits per heavy atom. The predicted molar refractivity (Wildman–Crippen MR) is 103 cm³/mol. The van der Waals surface area contributed by atoms with Crippen molar-refractivity contribution in [3.63, 3.8) is 0 Å². The Morgan fingerprint density at radius 2 is 1.92 bits per heavy atom. The van der Waals surface area contributed by atoms with Crippen molar-refractivity contribution in [2.24, 2.45) is 5.92 Å². The standard InChI is InChI=1S/C20H26N3O2S/c1-20(2,3)26(4)25-16-12-15(13-8-6-5-7-9-13)23-19(16)21-18(22-23)17(24)14-10-11-14/h5-9,14-16H,10-12H2,1-4H3/q+1/t15-,16-,26?/m0/s1. The van der Waals surface area contributed by atoms with E-state index in [0.717, 1.165) is 25.1 Å². The number of benzene rings is 1. The molecule has 1 unspecified atom stereocenters. The van der Waals surface area contributed by atoms with Gasteiger partial charge in [-0.1, -0.05) is 30.3 Å².